The van der Waals surface area contributed by atoms with Gasteiger partial charge in [-0.2, -0.15) is 5.10 Å². The Balaban J connectivity index is 2.33. The predicted molar refractivity (Wildman–Crippen MR) is 66.0 cm³/mol. The van der Waals surface area contributed by atoms with Gasteiger partial charge in [0.05, 0.1) is 11.2 Å². The Morgan fingerprint density at radius 2 is 1.88 bits per heavy atom. The van der Waals surface area contributed by atoms with Crippen LogP contribution in [0.5, 0.6) is 0 Å². The molecule has 0 atom stereocenters. The molecule has 0 fully saturated rings. The summed E-state index contributed by atoms with van der Waals surface area (Å²) in [6.45, 7) is 12.7. The Morgan fingerprint density at radius 1 is 1.25 bits per heavy atom. The van der Waals surface area contributed by atoms with Gasteiger partial charge in [-0.1, -0.05) is 0 Å². The van der Waals surface area contributed by atoms with Crippen LogP contribution in [0.25, 0.3) is 0 Å². The highest BCUT2D eigenvalue weighted by molar-refractivity contribution is 5.46. The fourth-order valence-electron chi connectivity index (χ4n) is 2.14. The number of nitrogens with two attached hydrogens (primary N) is 1. The topological polar surface area (TPSA) is 47.1 Å². The minimum absolute atomic E-state index is 0.0307. The Bertz CT molecular complexity index is 398. The van der Waals surface area contributed by atoms with E-state index in [-0.39, 0.29) is 5.54 Å². The lowest BCUT2D eigenvalue weighted by Crippen LogP contribution is -2.28. The van der Waals surface area contributed by atoms with Gasteiger partial charge in [-0.15, -0.1) is 0 Å². The average molecular weight is 222 g/mol. The number of hydrogen-bond acceptors (Lipinski definition) is 3. The van der Waals surface area contributed by atoms with Gasteiger partial charge >= 0.3 is 0 Å². The van der Waals surface area contributed by atoms with Crippen molar-refractivity contribution in [2.75, 3.05) is 5.73 Å². The third kappa shape index (κ3) is 1.71. The highest BCUT2D eigenvalue weighted by Gasteiger charge is 2.30. The van der Waals surface area contributed by atoms with Crippen molar-refractivity contribution in [2.45, 2.75) is 59.3 Å². The van der Waals surface area contributed by atoms with Crippen molar-refractivity contribution >= 4 is 5.82 Å². The summed E-state index contributed by atoms with van der Waals surface area (Å²) in [5.74, 6) is 0.839. The van der Waals surface area contributed by atoms with Gasteiger partial charge in [-0.25, -0.2) is 4.68 Å². The molecule has 0 aliphatic carbocycles. The SMILES string of the molecule is CC(C)N1Cc2nn(C(C)(C)C)c(N)c2C1. The van der Waals surface area contributed by atoms with Crippen molar-refractivity contribution in [1.82, 2.24) is 14.7 Å². The van der Waals surface area contributed by atoms with Crippen LogP contribution in [0.1, 0.15) is 45.9 Å². The van der Waals surface area contributed by atoms with Crippen LogP contribution in [0.2, 0.25) is 0 Å². The van der Waals surface area contributed by atoms with Gasteiger partial charge in [-0.3, -0.25) is 4.90 Å². The highest BCUT2D eigenvalue weighted by atomic mass is 15.4. The summed E-state index contributed by atoms with van der Waals surface area (Å²) in [5.41, 5.74) is 8.53. The maximum absolute atomic E-state index is 6.18. The Morgan fingerprint density at radius 3 is 2.31 bits per heavy atom. The molecule has 4 nitrogen and oxygen atoms in total. The van der Waals surface area contributed by atoms with E-state index in [2.05, 4.69) is 44.6 Å². The largest absolute Gasteiger partial charge is 0.384 e. The summed E-state index contributed by atoms with van der Waals surface area (Å²) in [6.07, 6.45) is 0. The smallest absolute Gasteiger partial charge is 0.127 e. The summed E-state index contributed by atoms with van der Waals surface area (Å²) in [6, 6.07) is 0.552. The van der Waals surface area contributed by atoms with E-state index in [4.69, 9.17) is 5.73 Å². The lowest BCUT2D eigenvalue weighted by Gasteiger charge is -2.23. The van der Waals surface area contributed by atoms with E-state index >= 15 is 0 Å². The molecule has 1 aromatic heterocycles. The van der Waals surface area contributed by atoms with Crippen molar-refractivity contribution in [2.24, 2.45) is 0 Å². The van der Waals surface area contributed by atoms with E-state index in [1.165, 1.54) is 5.56 Å². The molecule has 1 aliphatic heterocycles. The Kier molecular flexibility index (Phi) is 2.49. The number of rotatable bonds is 1. The van der Waals surface area contributed by atoms with Gasteiger partial charge in [0.2, 0.25) is 0 Å². The fourth-order valence-corrected chi connectivity index (χ4v) is 2.14. The predicted octanol–water partition coefficient (Wildman–Crippen LogP) is 1.94. The first-order chi connectivity index (χ1) is 7.30. The third-order valence-electron chi connectivity index (χ3n) is 3.19. The van der Waals surface area contributed by atoms with Crippen molar-refractivity contribution in [3.8, 4) is 0 Å². The molecule has 1 aliphatic rings. The lowest BCUT2D eigenvalue weighted by atomic mass is 10.1. The van der Waals surface area contributed by atoms with E-state index in [0.29, 0.717) is 6.04 Å². The normalized spacial score (nSPS) is 17.1. The first-order valence-corrected chi connectivity index (χ1v) is 5.91. The van der Waals surface area contributed by atoms with Gasteiger partial charge in [0.1, 0.15) is 5.82 Å². The summed E-state index contributed by atoms with van der Waals surface area (Å²) in [4.78, 5) is 2.39. The van der Waals surface area contributed by atoms with Crippen molar-refractivity contribution in [3.63, 3.8) is 0 Å². The summed E-state index contributed by atoms with van der Waals surface area (Å²) >= 11 is 0. The van der Waals surface area contributed by atoms with Crippen LogP contribution < -0.4 is 5.73 Å². The van der Waals surface area contributed by atoms with Crippen LogP contribution in [0, 0.1) is 0 Å². The van der Waals surface area contributed by atoms with Crippen molar-refractivity contribution in [3.05, 3.63) is 11.3 Å². The highest BCUT2D eigenvalue weighted by Crippen LogP contribution is 2.31. The monoisotopic (exact) mass is 222 g/mol. The van der Waals surface area contributed by atoms with Gasteiger partial charge in [0, 0.05) is 24.7 Å². The molecule has 0 unspecified atom stereocenters. The molecule has 0 amide bonds. The molecule has 0 radical (unpaired) electrons. The second-order valence-corrected chi connectivity index (χ2v) is 5.89. The second kappa shape index (κ2) is 3.48. The standard InChI is InChI=1S/C12H22N4/c1-8(2)15-6-9-10(7-15)14-16(11(9)13)12(3,4)5/h8H,6-7,13H2,1-5H3. The molecular weight excluding hydrogens is 200 g/mol. The molecule has 4 heteroatoms. The van der Waals surface area contributed by atoms with Crippen LogP contribution in [-0.4, -0.2) is 20.7 Å². The molecule has 90 valence electrons. The molecule has 0 bridgehead atoms. The molecule has 0 spiro atoms. The van der Waals surface area contributed by atoms with Crippen LogP contribution in [0.15, 0.2) is 0 Å². The molecule has 2 rings (SSSR count). The summed E-state index contributed by atoms with van der Waals surface area (Å²) < 4.78 is 1.95. The first-order valence-electron chi connectivity index (χ1n) is 5.91. The quantitative estimate of drug-likeness (QED) is 0.790. The molecule has 2 heterocycles. The van der Waals surface area contributed by atoms with E-state index in [1.807, 2.05) is 4.68 Å². The molecule has 1 aromatic rings. The zero-order chi connectivity index (χ0) is 12.1. The van der Waals surface area contributed by atoms with E-state index < -0.39 is 0 Å². The van der Waals surface area contributed by atoms with Gasteiger partial charge < -0.3 is 5.73 Å². The Labute approximate surface area is 97.4 Å². The minimum atomic E-state index is -0.0307. The van der Waals surface area contributed by atoms with Crippen molar-refractivity contribution in [1.29, 1.82) is 0 Å². The Hall–Kier alpha value is -1.03. The molecule has 16 heavy (non-hydrogen) atoms. The average Bonchev–Trinajstić information content (AvgIpc) is 2.64. The molecular formula is C12H22N4. The molecule has 0 saturated heterocycles. The van der Waals surface area contributed by atoms with Crippen LogP contribution in [0.4, 0.5) is 5.82 Å². The number of aromatic nitrogens is 2. The zero-order valence-electron chi connectivity index (χ0n) is 10.9. The number of hydrogen-bond donors (Lipinski definition) is 1. The van der Waals surface area contributed by atoms with Gasteiger partial charge in [-0.05, 0) is 34.6 Å². The van der Waals surface area contributed by atoms with Crippen LogP contribution in [0.3, 0.4) is 0 Å². The molecule has 2 N–H and O–H groups in total. The van der Waals surface area contributed by atoms with Crippen molar-refractivity contribution < 1.29 is 0 Å². The van der Waals surface area contributed by atoms with Crippen LogP contribution in [-0.2, 0) is 18.6 Å². The number of nitrogens with zero attached hydrogens (tertiary/aromatic N) is 3. The maximum atomic E-state index is 6.18. The molecule has 0 saturated carbocycles. The number of nitrogen functional groups attached to an aromatic ring is 1. The van der Waals surface area contributed by atoms with E-state index in [9.17, 15) is 0 Å². The second-order valence-electron chi connectivity index (χ2n) is 5.89. The molecule has 0 aromatic carbocycles. The van der Waals surface area contributed by atoms with Gasteiger partial charge in [0.25, 0.3) is 0 Å². The maximum Gasteiger partial charge on any atom is 0.127 e. The zero-order valence-corrected chi connectivity index (χ0v) is 10.9. The van der Waals surface area contributed by atoms with E-state index in [0.717, 1.165) is 24.6 Å². The summed E-state index contributed by atoms with van der Waals surface area (Å²) in [5, 5.41) is 4.64. The van der Waals surface area contributed by atoms with E-state index in [1.54, 1.807) is 0 Å². The number of anilines is 1. The first kappa shape index (κ1) is 11.5. The third-order valence-corrected chi connectivity index (χ3v) is 3.19. The number of fused-ring (bicyclic) bond motifs is 1. The lowest BCUT2D eigenvalue weighted by molar-refractivity contribution is 0.221. The minimum Gasteiger partial charge on any atom is -0.384 e. The summed E-state index contributed by atoms with van der Waals surface area (Å²) in [7, 11) is 0. The van der Waals surface area contributed by atoms with Crippen LogP contribution >= 0.6 is 0 Å². The van der Waals surface area contributed by atoms with Gasteiger partial charge in [0.15, 0.2) is 0 Å². The fraction of sp³-hybridized carbons (Fsp3) is 0.750.